The quantitative estimate of drug-likeness (QED) is 0.683. The van der Waals surface area contributed by atoms with Gasteiger partial charge in [0, 0.05) is 17.1 Å². The highest BCUT2D eigenvalue weighted by molar-refractivity contribution is 5.43. The molecule has 0 saturated carbocycles. The van der Waals surface area contributed by atoms with Gasteiger partial charge in [-0.2, -0.15) is 0 Å². The Bertz CT molecular complexity index is 736. The lowest BCUT2D eigenvalue weighted by Gasteiger charge is -2.11. The van der Waals surface area contributed by atoms with Crippen LogP contribution >= 0.6 is 0 Å². The summed E-state index contributed by atoms with van der Waals surface area (Å²) in [7, 11) is 1.65. The molecule has 0 radical (unpaired) electrons. The van der Waals surface area contributed by atoms with Crippen LogP contribution in [-0.4, -0.2) is 11.7 Å². The average molecular weight is 293 g/mol. The first-order valence-corrected chi connectivity index (χ1v) is 7.24. The van der Waals surface area contributed by atoms with E-state index in [1.165, 1.54) is 11.4 Å². The Kier molecular flexibility index (Phi) is 3.88. The summed E-state index contributed by atoms with van der Waals surface area (Å²) < 4.78 is 13.2. The second-order valence-corrected chi connectivity index (χ2v) is 5.22. The summed E-state index contributed by atoms with van der Waals surface area (Å²) in [5, 5.41) is 0. The summed E-state index contributed by atoms with van der Waals surface area (Å²) >= 11 is 0. The average Bonchev–Trinajstić information content (AvgIpc) is 2.88. The highest BCUT2D eigenvalue weighted by Crippen LogP contribution is 2.25. The SMILES string of the molecule is COc1ccc(Oc2ccc(-n3c(C)ccc3C)cc2)cc1. The van der Waals surface area contributed by atoms with Gasteiger partial charge in [-0.15, -0.1) is 0 Å². The van der Waals surface area contributed by atoms with Gasteiger partial charge in [-0.25, -0.2) is 0 Å². The van der Waals surface area contributed by atoms with Gasteiger partial charge >= 0.3 is 0 Å². The fourth-order valence-electron chi connectivity index (χ4n) is 2.52. The number of ether oxygens (including phenoxy) is 2. The second-order valence-electron chi connectivity index (χ2n) is 5.22. The Morgan fingerprint density at radius 3 is 1.59 bits per heavy atom. The van der Waals surface area contributed by atoms with E-state index in [4.69, 9.17) is 9.47 Å². The molecule has 0 fully saturated rings. The fourth-order valence-corrected chi connectivity index (χ4v) is 2.52. The van der Waals surface area contributed by atoms with Gasteiger partial charge in [-0.1, -0.05) is 0 Å². The first kappa shape index (κ1) is 14.3. The smallest absolute Gasteiger partial charge is 0.127 e. The van der Waals surface area contributed by atoms with Crippen LogP contribution in [0.15, 0.2) is 60.7 Å². The van der Waals surface area contributed by atoms with E-state index >= 15 is 0 Å². The topological polar surface area (TPSA) is 23.4 Å². The first-order chi connectivity index (χ1) is 10.7. The third-order valence-electron chi connectivity index (χ3n) is 3.66. The normalized spacial score (nSPS) is 10.5. The van der Waals surface area contributed by atoms with E-state index in [0.717, 1.165) is 22.9 Å². The van der Waals surface area contributed by atoms with Crippen molar-refractivity contribution in [2.24, 2.45) is 0 Å². The van der Waals surface area contributed by atoms with Crippen molar-refractivity contribution in [2.75, 3.05) is 7.11 Å². The van der Waals surface area contributed by atoms with Crippen LogP contribution in [0.1, 0.15) is 11.4 Å². The van der Waals surface area contributed by atoms with Crippen LogP contribution in [0, 0.1) is 13.8 Å². The molecule has 3 aromatic rings. The summed E-state index contributed by atoms with van der Waals surface area (Å²) in [4.78, 5) is 0. The molecule has 0 N–H and O–H groups in total. The molecule has 0 aliphatic heterocycles. The van der Waals surface area contributed by atoms with Crippen LogP contribution in [-0.2, 0) is 0 Å². The van der Waals surface area contributed by atoms with Crippen LogP contribution < -0.4 is 9.47 Å². The molecule has 112 valence electrons. The molecule has 3 heteroatoms. The van der Waals surface area contributed by atoms with E-state index in [0.29, 0.717) is 0 Å². The predicted octanol–water partition coefficient (Wildman–Crippen LogP) is 4.90. The third-order valence-corrected chi connectivity index (χ3v) is 3.66. The minimum atomic E-state index is 0.793. The van der Waals surface area contributed by atoms with Crippen LogP contribution in [0.2, 0.25) is 0 Å². The number of aryl methyl sites for hydroxylation is 2. The van der Waals surface area contributed by atoms with Crippen LogP contribution in [0.5, 0.6) is 17.2 Å². The Morgan fingerprint density at radius 1 is 0.636 bits per heavy atom. The van der Waals surface area contributed by atoms with E-state index in [2.05, 4.69) is 42.7 Å². The maximum absolute atomic E-state index is 5.85. The minimum Gasteiger partial charge on any atom is -0.497 e. The van der Waals surface area contributed by atoms with Gasteiger partial charge in [-0.3, -0.25) is 0 Å². The lowest BCUT2D eigenvalue weighted by molar-refractivity contribution is 0.413. The summed E-state index contributed by atoms with van der Waals surface area (Å²) in [6.07, 6.45) is 0. The van der Waals surface area contributed by atoms with Gasteiger partial charge < -0.3 is 14.0 Å². The molecule has 3 nitrogen and oxygen atoms in total. The molecule has 1 heterocycles. The predicted molar refractivity (Wildman–Crippen MR) is 88.3 cm³/mol. The lowest BCUT2D eigenvalue weighted by Crippen LogP contribution is -1.98. The zero-order valence-corrected chi connectivity index (χ0v) is 13.0. The zero-order valence-electron chi connectivity index (χ0n) is 13.0. The number of hydrogen-bond donors (Lipinski definition) is 0. The molecule has 0 spiro atoms. The van der Waals surface area contributed by atoms with Gasteiger partial charge in [0.05, 0.1) is 7.11 Å². The van der Waals surface area contributed by atoms with E-state index in [9.17, 15) is 0 Å². The van der Waals surface area contributed by atoms with E-state index in [-0.39, 0.29) is 0 Å². The Balaban J connectivity index is 1.79. The van der Waals surface area contributed by atoms with Crippen molar-refractivity contribution < 1.29 is 9.47 Å². The van der Waals surface area contributed by atoms with Crippen molar-refractivity contribution in [1.29, 1.82) is 0 Å². The van der Waals surface area contributed by atoms with Crippen molar-refractivity contribution in [3.63, 3.8) is 0 Å². The Labute approximate surface area is 130 Å². The van der Waals surface area contributed by atoms with Crippen molar-refractivity contribution in [1.82, 2.24) is 4.57 Å². The third kappa shape index (κ3) is 2.84. The minimum absolute atomic E-state index is 0.793. The van der Waals surface area contributed by atoms with Gasteiger partial charge in [-0.05, 0) is 74.5 Å². The molecule has 0 atom stereocenters. The van der Waals surface area contributed by atoms with Gasteiger partial charge in [0.25, 0.3) is 0 Å². The van der Waals surface area contributed by atoms with Crippen LogP contribution in [0.25, 0.3) is 5.69 Å². The summed E-state index contributed by atoms with van der Waals surface area (Å²) in [5.41, 5.74) is 3.59. The van der Waals surface area contributed by atoms with Crippen molar-refractivity contribution >= 4 is 0 Å². The van der Waals surface area contributed by atoms with Gasteiger partial charge in [0.1, 0.15) is 17.2 Å². The van der Waals surface area contributed by atoms with Crippen LogP contribution in [0.4, 0.5) is 0 Å². The summed E-state index contributed by atoms with van der Waals surface area (Å²) in [5.74, 6) is 2.43. The zero-order chi connectivity index (χ0) is 15.5. The molecule has 1 aromatic heterocycles. The summed E-state index contributed by atoms with van der Waals surface area (Å²) in [6, 6.07) is 19.9. The number of hydrogen-bond acceptors (Lipinski definition) is 2. The molecule has 0 aliphatic rings. The van der Waals surface area contributed by atoms with Crippen molar-refractivity contribution in [3.05, 3.63) is 72.1 Å². The summed E-state index contributed by atoms with van der Waals surface area (Å²) in [6.45, 7) is 4.21. The van der Waals surface area contributed by atoms with Crippen molar-refractivity contribution in [2.45, 2.75) is 13.8 Å². The maximum atomic E-state index is 5.85. The van der Waals surface area contributed by atoms with Gasteiger partial charge in [0.15, 0.2) is 0 Å². The molecule has 0 unspecified atom stereocenters. The van der Waals surface area contributed by atoms with Crippen LogP contribution in [0.3, 0.4) is 0 Å². The molecular formula is C19H19NO2. The van der Waals surface area contributed by atoms with Crippen molar-refractivity contribution in [3.8, 4) is 22.9 Å². The molecule has 22 heavy (non-hydrogen) atoms. The number of nitrogens with zero attached hydrogens (tertiary/aromatic N) is 1. The molecule has 0 saturated heterocycles. The van der Waals surface area contributed by atoms with E-state index in [1.54, 1.807) is 7.11 Å². The molecule has 2 aromatic carbocycles. The Hall–Kier alpha value is -2.68. The van der Waals surface area contributed by atoms with E-state index in [1.807, 2.05) is 36.4 Å². The number of rotatable bonds is 4. The number of methoxy groups -OCH3 is 1. The molecule has 3 rings (SSSR count). The standard InChI is InChI=1S/C19H19NO2/c1-14-4-5-15(2)20(14)16-6-8-18(9-7-16)22-19-12-10-17(21-3)11-13-19/h4-13H,1-3H3. The second kappa shape index (κ2) is 5.98. The molecule has 0 aliphatic carbocycles. The lowest BCUT2D eigenvalue weighted by atomic mass is 10.2. The van der Waals surface area contributed by atoms with Gasteiger partial charge in [0.2, 0.25) is 0 Å². The largest absolute Gasteiger partial charge is 0.497 e. The monoisotopic (exact) mass is 293 g/mol. The highest BCUT2D eigenvalue weighted by Gasteiger charge is 2.04. The first-order valence-electron chi connectivity index (χ1n) is 7.24. The highest BCUT2D eigenvalue weighted by atomic mass is 16.5. The molecule has 0 amide bonds. The molecule has 0 bridgehead atoms. The fraction of sp³-hybridized carbons (Fsp3) is 0.158. The molecular weight excluding hydrogens is 274 g/mol. The Morgan fingerprint density at radius 2 is 1.09 bits per heavy atom. The maximum Gasteiger partial charge on any atom is 0.127 e. The number of benzene rings is 2. The van der Waals surface area contributed by atoms with E-state index < -0.39 is 0 Å². The number of aromatic nitrogens is 1.